The quantitative estimate of drug-likeness (QED) is 0.890. The molecule has 0 aromatic carbocycles. The predicted molar refractivity (Wildman–Crippen MR) is 71.3 cm³/mol. The van der Waals surface area contributed by atoms with Crippen LogP contribution in [0.2, 0.25) is 0 Å². The third-order valence-electron chi connectivity index (χ3n) is 3.23. The minimum Gasteiger partial charge on any atom is -0.481 e. The van der Waals surface area contributed by atoms with Gasteiger partial charge in [-0.05, 0) is 34.6 Å². The molecule has 0 aliphatic heterocycles. The van der Waals surface area contributed by atoms with Crippen LogP contribution in [0, 0.1) is 20.8 Å². The van der Waals surface area contributed by atoms with Crippen LogP contribution in [0.25, 0.3) is 0 Å². The Kier molecular flexibility index (Phi) is 4.75. The first-order valence-corrected chi connectivity index (χ1v) is 6.35. The molecule has 0 saturated heterocycles. The first-order chi connectivity index (χ1) is 8.75. The van der Waals surface area contributed by atoms with Gasteiger partial charge in [0.15, 0.2) is 0 Å². The van der Waals surface area contributed by atoms with Crippen molar-refractivity contribution in [3.8, 4) is 0 Å². The highest BCUT2D eigenvalue weighted by atomic mass is 16.4. The van der Waals surface area contributed by atoms with Crippen LogP contribution in [-0.4, -0.2) is 34.5 Å². The van der Waals surface area contributed by atoms with Gasteiger partial charge in [-0.25, -0.2) is 0 Å². The largest absolute Gasteiger partial charge is 0.481 e. The van der Waals surface area contributed by atoms with Crippen molar-refractivity contribution in [2.75, 3.05) is 6.54 Å². The summed E-state index contributed by atoms with van der Waals surface area (Å²) in [5, 5.41) is 8.75. The molecule has 0 atom stereocenters. The van der Waals surface area contributed by atoms with Crippen molar-refractivity contribution < 1.29 is 19.1 Å². The van der Waals surface area contributed by atoms with Crippen molar-refractivity contribution in [2.45, 2.75) is 47.1 Å². The number of amides is 1. The number of furan rings is 1. The maximum atomic E-state index is 12.5. The molecule has 19 heavy (non-hydrogen) atoms. The number of hydrogen-bond acceptors (Lipinski definition) is 3. The zero-order chi connectivity index (χ0) is 14.7. The van der Waals surface area contributed by atoms with E-state index in [1.54, 1.807) is 11.8 Å². The molecule has 5 heteroatoms. The smallest absolute Gasteiger partial charge is 0.305 e. The molecule has 5 nitrogen and oxygen atoms in total. The Morgan fingerprint density at radius 1 is 1.21 bits per heavy atom. The van der Waals surface area contributed by atoms with Crippen molar-refractivity contribution in [3.05, 3.63) is 22.6 Å². The van der Waals surface area contributed by atoms with Gasteiger partial charge in [0, 0.05) is 18.2 Å². The number of rotatable bonds is 5. The fraction of sp³-hybridized carbons (Fsp3) is 0.571. The fourth-order valence-corrected chi connectivity index (χ4v) is 2.06. The highest BCUT2D eigenvalue weighted by Gasteiger charge is 2.25. The molecule has 0 spiro atoms. The third-order valence-corrected chi connectivity index (χ3v) is 3.23. The van der Waals surface area contributed by atoms with Crippen LogP contribution in [0.15, 0.2) is 4.42 Å². The number of carboxylic acid groups (broad SMARTS) is 1. The second-order valence-electron chi connectivity index (χ2n) is 4.95. The Hall–Kier alpha value is -1.78. The molecular weight excluding hydrogens is 246 g/mol. The number of aliphatic carboxylic acids is 1. The van der Waals surface area contributed by atoms with Crippen LogP contribution in [0.4, 0.5) is 0 Å². The molecular formula is C14H21NO4. The maximum Gasteiger partial charge on any atom is 0.305 e. The van der Waals surface area contributed by atoms with E-state index in [0.29, 0.717) is 11.3 Å². The van der Waals surface area contributed by atoms with Gasteiger partial charge in [-0.1, -0.05) is 0 Å². The normalized spacial score (nSPS) is 10.8. The molecule has 0 unspecified atom stereocenters. The van der Waals surface area contributed by atoms with Gasteiger partial charge in [0.05, 0.1) is 12.0 Å². The Labute approximate surface area is 113 Å². The number of carbonyl (C=O) groups is 2. The standard InChI is InChI=1S/C14H21NO4/c1-8(2)15(7-6-12(16)17)14(18)13-9(3)10(4)19-11(13)5/h8H,6-7H2,1-5H3,(H,16,17). The van der Waals surface area contributed by atoms with Gasteiger partial charge in [-0.15, -0.1) is 0 Å². The molecule has 1 heterocycles. The van der Waals surface area contributed by atoms with Gasteiger partial charge in [0.2, 0.25) is 0 Å². The Bertz CT molecular complexity index is 488. The monoisotopic (exact) mass is 267 g/mol. The van der Waals surface area contributed by atoms with Crippen molar-refractivity contribution in [3.63, 3.8) is 0 Å². The van der Waals surface area contributed by atoms with Gasteiger partial charge >= 0.3 is 5.97 Å². The lowest BCUT2D eigenvalue weighted by Crippen LogP contribution is -2.38. The second-order valence-corrected chi connectivity index (χ2v) is 4.95. The molecule has 1 aromatic heterocycles. The van der Waals surface area contributed by atoms with Gasteiger partial charge < -0.3 is 14.4 Å². The lowest BCUT2D eigenvalue weighted by molar-refractivity contribution is -0.137. The third kappa shape index (κ3) is 3.36. The van der Waals surface area contributed by atoms with E-state index >= 15 is 0 Å². The second kappa shape index (κ2) is 5.91. The Morgan fingerprint density at radius 3 is 2.16 bits per heavy atom. The van der Waals surface area contributed by atoms with Crippen LogP contribution in [0.3, 0.4) is 0 Å². The van der Waals surface area contributed by atoms with Gasteiger partial charge in [0.25, 0.3) is 5.91 Å². The van der Waals surface area contributed by atoms with E-state index in [1.807, 2.05) is 27.7 Å². The van der Waals surface area contributed by atoms with Crippen molar-refractivity contribution in [2.24, 2.45) is 0 Å². The molecule has 0 bridgehead atoms. The summed E-state index contributed by atoms with van der Waals surface area (Å²) in [5.41, 5.74) is 1.38. The highest BCUT2D eigenvalue weighted by Crippen LogP contribution is 2.23. The molecule has 1 rings (SSSR count). The summed E-state index contributed by atoms with van der Waals surface area (Å²) < 4.78 is 5.46. The van der Waals surface area contributed by atoms with E-state index in [4.69, 9.17) is 9.52 Å². The van der Waals surface area contributed by atoms with Gasteiger partial charge in [-0.2, -0.15) is 0 Å². The summed E-state index contributed by atoms with van der Waals surface area (Å²) in [6.07, 6.45) is -0.0567. The lowest BCUT2D eigenvalue weighted by atomic mass is 10.1. The summed E-state index contributed by atoms with van der Waals surface area (Å²) in [6.45, 7) is 9.36. The molecule has 1 amide bonds. The number of carboxylic acids is 1. The minimum absolute atomic E-state index is 0.0548. The summed E-state index contributed by atoms with van der Waals surface area (Å²) in [4.78, 5) is 24.8. The molecule has 106 valence electrons. The number of aryl methyl sites for hydroxylation is 2. The predicted octanol–water partition coefficient (Wildman–Crippen LogP) is 2.53. The van der Waals surface area contributed by atoms with Crippen LogP contribution in [0.1, 0.15) is 47.7 Å². The Balaban J connectivity index is 3.02. The molecule has 1 N–H and O–H groups in total. The van der Waals surface area contributed by atoms with E-state index in [2.05, 4.69) is 0 Å². The first-order valence-electron chi connectivity index (χ1n) is 6.35. The Morgan fingerprint density at radius 2 is 1.79 bits per heavy atom. The SMILES string of the molecule is Cc1oc(C)c(C(=O)N(CCC(=O)O)C(C)C)c1C. The highest BCUT2D eigenvalue weighted by molar-refractivity contribution is 5.97. The maximum absolute atomic E-state index is 12.5. The van der Waals surface area contributed by atoms with Crippen molar-refractivity contribution >= 4 is 11.9 Å². The average Bonchev–Trinajstić information content (AvgIpc) is 2.52. The van der Waals surface area contributed by atoms with Gasteiger partial charge in [-0.3, -0.25) is 9.59 Å². The molecule has 0 fully saturated rings. The molecule has 1 aromatic rings. The minimum atomic E-state index is -0.907. The van der Waals surface area contributed by atoms with Crippen molar-refractivity contribution in [1.82, 2.24) is 4.90 Å². The zero-order valence-corrected chi connectivity index (χ0v) is 12.1. The summed E-state index contributed by atoms with van der Waals surface area (Å²) >= 11 is 0. The molecule has 0 aliphatic carbocycles. The van der Waals surface area contributed by atoms with Crippen LogP contribution in [-0.2, 0) is 4.79 Å². The number of carbonyl (C=O) groups excluding carboxylic acids is 1. The summed E-state index contributed by atoms with van der Waals surface area (Å²) in [5.74, 6) is 0.238. The summed E-state index contributed by atoms with van der Waals surface area (Å²) in [7, 11) is 0. The first kappa shape index (κ1) is 15.3. The number of nitrogens with zero attached hydrogens (tertiary/aromatic N) is 1. The zero-order valence-electron chi connectivity index (χ0n) is 12.1. The molecule has 0 saturated carbocycles. The lowest BCUT2D eigenvalue weighted by Gasteiger charge is -2.26. The summed E-state index contributed by atoms with van der Waals surface area (Å²) in [6, 6.07) is -0.0548. The molecule has 0 radical (unpaired) electrons. The van der Waals surface area contributed by atoms with E-state index in [1.165, 1.54) is 0 Å². The van der Waals surface area contributed by atoms with Gasteiger partial charge in [0.1, 0.15) is 11.5 Å². The van der Waals surface area contributed by atoms with E-state index in [0.717, 1.165) is 11.3 Å². The average molecular weight is 267 g/mol. The van der Waals surface area contributed by atoms with E-state index in [9.17, 15) is 9.59 Å². The fourth-order valence-electron chi connectivity index (χ4n) is 2.06. The van der Waals surface area contributed by atoms with Crippen LogP contribution in [0.5, 0.6) is 0 Å². The van der Waals surface area contributed by atoms with Crippen LogP contribution < -0.4 is 0 Å². The van der Waals surface area contributed by atoms with E-state index < -0.39 is 5.97 Å². The molecule has 0 aliphatic rings. The van der Waals surface area contributed by atoms with E-state index in [-0.39, 0.29) is 24.9 Å². The van der Waals surface area contributed by atoms with Crippen LogP contribution >= 0.6 is 0 Å². The topological polar surface area (TPSA) is 70.8 Å². The number of hydrogen-bond donors (Lipinski definition) is 1. The van der Waals surface area contributed by atoms with Crippen molar-refractivity contribution in [1.29, 1.82) is 0 Å².